The van der Waals surface area contributed by atoms with Crippen molar-refractivity contribution >= 4 is 94.7 Å². The van der Waals surface area contributed by atoms with Gasteiger partial charge in [0.1, 0.15) is 12.4 Å². The molecule has 0 fully saturated rings. The zero-order valence-corrected chi connectivity index (χ0v) is 32.3. The lowest BCUT2D eigenvalue weighted by Crippen LogP contribution is -2.16. The minimum Gasteiger partial charge on any atom is -0.480 e. The number of alkyl halides is 1. The van der Waals surface area contributed by atoms with Crippen LogP contribution >= 0.6 is 11.6 Å². The van der Waals surface area contributed by atoms with Crippen LogP contribution in [0.1, 0.15) is 34.0 Å². The van der Waals surface area contributed by atoms with Gasteiger partial charge in [-0.2, -0.15) is 0 Å². The number of benzene rings is 6. The van der Waals surface area contributed by atoms with Gasteiger partial charge in [-0.05, 0) is 85.1 Å². The van der Waals surface area contributed by atoms with E-state index in [4.69, 9.17) is 11.6 Å². The van der Waals surface area contributed by atoms with Crippen LogP contribution in [0.25, 0.3) is 65.4 Å². The van der Waals surface area contributed by atoms with E-state index in [9.17, 15) is 33.9 Å². The molecule has 0 radical (unpaired) electrons. The number of carboxylic acids is 1. The van der Waals surface area contributed by atoms with E-state index >= 15 is 0 Å². The number of para-hydroxylation sites is 3. The van der Waals surface area contributed by atoms with Crippen LogP contribution in [-0.2, 0) is 27.3 Å². The summed E-state index contributed by atoms with van der Waals surface area (Å²) in [6.45, 7) is 1.84. The molecule has 0 saturated carbocycles. The number of pyridine rings is 3. The minimum absolute atomic E-state index is 0.00783. The summed E-state index contributed by atoms with van der Waals surface area (Å²) < 4.78 is 5.99. The third-order valence-electron chi connectivity index (χ3n) is 10.3. The molecule has 0 spiro atoms. The average molecular weight is 804 g/mol. The predicted molar refractivity (Wildman–Crippen MR) is 231 cm³/mol. The van der Waals surface area contributed by atoms with Crippen molar-refractivity contribution in [1.29, 1.82) is 0 Å². The smallest absolute Gasteiger partial charge is 0.323 e. The number of hydrogen-bond donors (Lipinski definition) is 3. The van der Waals surface area contributed by atoms with Gasteiger partial charge >= 0.3 is 11.9 Å². The Morgan fingerprint density at radius 1 is 0.610 bits per heavy atom. The molecule has 3 heterocycles. The number of aliphatic carboxylic acids is 1. The van der Waals surface area contributed by atoms with Gasteiger partial charge in [0.05, 0.1) is 28.7 Å². The molecule has 59 heavy (non-hydrogen) atoms. The van der Waals surface area contributed by atoms with E-state index in [2.05, 4.69) is 14.7 Å². The molecule has 3 N–H and O–H groups in total. The number of H-pyrrole nitrogens is 2. The molecule has 6 aromatic carbocycles. The molecule has 1 aliphatic rings. The zero-order chi connectivity index (χ0) is 41.4. The van der Waals surface area contributed by atoms with Gasteiger partial charge in [-0.1, -0.05) is 60.7 Å². The van der Waals surface area contributed by atoms with Crippen LogP contribution in [0.3, 0.4) is 0 Å². The van der Waals surface area contributed by atoms with Gasteiger partial charge in [-0.25, -0.2) is 0 Å². The lowest BCUT2D eigenvalue weighted by molar-refractivity contribution is -0.140. The Kier molecular flexibility index (Phi) is 10.4. The summed E-state index contributed by atoms with van der Waals surface area (Å²) in [5.74, 6) is -1.40. The minimum atomic E-state index is -1.03. The summed E-state index contributed by atoms with van der Waals surface area (Å²) in [5, 5.41) is 12.5. The van der Waals surface area contributed by atoms with Gasteiger partial charge in [0, 0.05) is 54.5 Å². The first-order chi connectivity index (χ1) is 28.6. The second kappa shape index (κ2) is 15.9. The standard InChI is InChI=1S/C22H14N2O4.C21H13NO2.C4H7ClO2/c25-20(26)11-24-18-8-4-2-6-13(18)22(28)15-9-17-14(10-19(15)24)21(27)12-5-1-3-7-16(12)23-17;23-20-14-6-2-1-5-12(14)9-13-10-17-19(11-16(13)20)22-18-8-4-3-7-15(18)21(17)24;1-2-7-4(6)3-5/h1-10H,11H2,(H,23,27)(H,25,26);1-8,10-11H,9H2,(H,22,24);2-3H2,1H3. The number of halogens is 1. The summed E-state index contributed by atoms with van der Waals surface area (Å²) in [7, 11) is 0. The average Bonchev–Trinajstić information content (AvgIpc) is 3.25. The molecule has 11 nitrogen and oxygen atoms in total. The van der Waals surface area contributed by atoms with Crippen LogP contribution in [0.15, 0.2) is 136 Å². The first-order valence-electron chi connectivity index (χ1n) is 18.7. The first kappa shape index (κ1) is 38.5. The molecule has 9 aromatic rings. The Bertz CT molecular complexity index is 3390. The van der Waals surface area contributed by atoms with Crippen molar-refractivity contribution in [3.8, 4) is 0 Å². The Morgan fingerprint density at radius 2 is 1.17 bits per heavy atom. The molecular weight excluding hydrogens is 770 g/mol. The van der Waals surface area contributed by atoms with Gasteiger partial charge in [-0.15, -0.1) is 11.6 Å². The van der Waals surface area contributed by atoms with E-state index in [0.717, 1.165) is 22.2 Å². The van der Waals surface area contributed by atoms with Crippen molar-refractivity contribution in [3.63, 3.8) is 0 Å². The lowest BCUT2D eigenvalue weighted by atomic mass is 9.84. The number of esters is 1. The van der Waals surface area contributed by atoms with Crippen molar-refractivity contribution < 1.29 is 24.2 Å². The highest BCUT2D eigenvalue weighted by Gasteiger charge is 2.24. The Balaban J connectivity index is 0.000000143. The van der Waals surface area contributed by atoms with E-state index in [1.807, 2.05) is 72.8 Å². The Labute approximate surface area is 339 Å². The number of carboxylic acid groups (broad SMARTS) is 1. The van der Waals surface area contributed by atoms with Crippen LogP contribution in [0, 0.1) is 0 Å². The van der Waals surface area contributed by atoms with Crippen molar-refractivity contribution in [2.24, 2.45) is 0 Å². The monoisotopic (exact) mass is 803 g/mol. The number of nitrogens with one attached hydrogen (secondary N) is 2. The molecule has 12 heteroatoms. The molecule has 0 bridgehead atoms. The molecular formula is C47H34ClN3O8. The SMILES string of the molecule is CCOC(=O)CCl.O=C(O)Cn1c2ccccc2c(=O)c2cc3[nH]c4ccccc4c(=O)c3cc21.O=C1c2ccccc2Cc2cc3c(=O)c4ccccc4[nH]c3cc21. The number of nitrogens with zero attached hydrogens (tertiary/aromatic N) is 1. The van der Waals surface area contributed by atoms with Crippen molar-refractivity contribution in [1.82, 2.24) is 14.5 Å². The summed E-state index contributed by atoms with van der Waals surface area (Å²) in [5.41, 5.74) is 6.74. The van der Waals surface area contributed by atoms with E-state index in [1.165, 1.54) is 0 Å². The third kappa shape index (κ3) is 7.13. The van der Waals surface area contributed by atoms with E-state index in [1.54, 1.807) is 60.0 Å². The molecule has 10 rings (SSSR count). The molecule has 1 aliphatic carbocycles. The zero-order valence-electron chi connectivity index (χ0n) is 31.5. The number of rotatable bonds is 4. The van der Waals surface area contributed by atoms with E-state index in [0.29, 0.717) is 78.5 Å². The number of hydrogen-bond acceptors (Lipinski definition) is 7. The van der Waals surface area contributed by atoms with Crippen molar-refractivity contribution in [2.75, 3.05) is 12.5 Å². The largest absolute Gasteiger partial charge is 0.480 e. The molecule has 0 unspecified atom stereocenters. The molecule has 292 valence electrons. The van der Waals surface area contributed by atoms with Crippen molar-refractivity contribution in [2.45, 2.75) is 19.9 Å². The number of aromatic nitrogens is 3. The number of fused-ring (bicyclic) bond motifs is 8. The Morgan fingerprint density at radius 3 is 1.80 bits per heavy atom. The number of carbonyl (C=O) groups excluding carboxylic acids is 2. The normalized spacial score (nSPS) is 11.8. The van der Waals surface area contributed by atoms with Crippen molar-refractivity contribution in [3.05, 3.63) is 174 Å². The quantitative estimate of drug-likeness (QED) is 0.0919. The number of carbonyl (C=O) groups is 3. The second-order valence-corrected chi connectivity index (χ2v) is 14.2. The fourth-order valence-corrected chi connectivity index (χ4v) is 7.74. The summed E-state index contributed by atoms with van der Waals surface area (Å²) in [6, 6.07) is 36.2. The topological polar surface area (TPSA) is 168 Å². The van der Waals surface area contributed by atoms with Gasteiger partial charge in [-0.3, -0.25) is 28.8 Å². The van der Waals surface area contributed by atoms with E-state index in [-0.39, 0.29) is 40.5 Å². The fourth-order valence-electron chi connectivity index (χ4n) is 7.67. The molecule has 0 saturated heterocycles. The number of aromatic amines is 2. The maximum Gasteiger partial charge on any atom is 0.323 e. The molecule has 0 atom stereocenters. The maximum absolute atomic E-state index is 13.1. The fraction of sp³-hybridized carbons (Fsp3) is 0.106. The van der Waals surface area contributed by atoms with Crippen LogP contribution in [0.5, 0.6) is 0 Å². The molecule has 0 amide bonds. The van der Waals surface area contributed by atoms with Crippen LogP contribution in [0.2, 0.25) is 0 Å². The van der Waals surface area contributed by atoms with Gasteiger partial charge < -0.3 is 24.4 Å². The highest BCUT2D eigenvalue weighted by atomic mass is 35.5. The summed E-state index contributed by atoms with van der Waals surface area (Å²) in [4.78, 5) is 79.7. The highest BCUT2D eigenvalue weighted by Crippen LogP contribution is 2.30. The predicted octanol–water partition coefficient (Wildman–Crippen LogP) is 7.84. The van der Waals surface area contributed by atoms with Gasteiger partial charge in [0.25, 0.3) is 0 Å². The van der Waals surface area contributed by atoms with Crippen LogP contribution in [0.4, 0.5) is 0 Å². The third-order valence-corrected chi connectivity index (χ3v) is 10.5. The molecule has 0 aliphatic heterocycles. The number of ether oxygens (including phenoxy) is 1. The second-order valence-electron chi connectivity index (χ2n) is 13.9. The molecule has 3 aromatic heterocycles. The van der Waals surface area contributed by atoms with Gasteiger partial charge in [0.2, 0.25) is 0 Å². The van der Waals surface area contributed by atoms with E-state index < -0.39 is 5.97 Å². The summed E-state index contributed by atoms with van der Waals surface area (Å²) in [6.07, 6.45) is 0.680. The number of ketones is 1. The van der Waals surface area contributed by atoms with Crippen LogP contribution in [-0.4, -0.2) is 49.9 Å². The van der Waals surface area contributed by atoms with Crippen LogP contribution < -0.4 is 16.3 Å². The highest BCUT2D eigenvalue weighted by molar-refractivity contribution is 6.26. The van der Waals surface area contributed by atoms with Gasteiger partial charge in [0.15, 0.2) is 22.1 Å². The first-order valence-corrected chi connectivity index (χ1v) is 19.2. The maximum atomic E-state index is 13.1. The Hall–Kier alpha value is -7.37. The lowest BCUT2D eigenvalue weighted by Gasteiger charge is -2.19. The summed E-state index contributed by atoms with van der Waals surface area (Å²) >= 11 is 5.06.